The van der Waals surface area contributed by atoms with Gasteiger partial charge in [0.2, 0.25) is 0 Å². The highest BCUT2D eigenvalue weighted by molar-refractivity contribution is 5.93. The van der Waals surface area contributed by atoms with Crippen LogP contribution in [-0.2, 0) is 9.53 Å². The summed E-state index contributed by atoms with van der Waals surface area (Å²) in [6.07, 6.45) is 3.96. The van der Waals surface area contributed by atoms with Crippen molar-refractivity contribution in [2.45, 2.75) is 51.2 Å². The molecular formula is C22H24O3. The van der Waals surface area contributed by atoms with Crippen molar-refractivity contribution in [2.75, 3.05) is 0 Å². The molecule has 0 amide bonds. The molecule has 5 rings (SSSR count). The fraction of sp³-hybridized carbons (Fsp3) is 0.500. The van der Waals surface area contributed by atoms with E-state index in [0.717, 1.165) is 24.6 Å². The molecule has 3 fully saturated rings. The van der Waals surface area contributed by atoms with E-state index in [4.69, 9.17) is 9.47 Å². The molecule has 0 spiro atoms. The fourth-order valence-electron chi connectivity index (χ4n) is 5.09. The van der Waals surface area contributed by atoms with Crippen LogP contribution < -0.4 is 4.74 Å². The molecule has 6 unspecified atom stereocenters. The molecule has 2 aliphatic carbocycles. The molecule has 130 valence electrons. The standard InChI is InChI=1S/C22H24O3/c1-3-12(2)14-8-9-19(16-7-5-4-6-15(14)16)24-22(23)18-11-13-10-17(18)21-20(13)25-21/h4-9,12-13,17-18,20-21H,3,10-11H2,1-2H3. The van der Waals surface area contributed by atoms with Crippen molar-refractivity contribution in [3.8, 4) is 5.75 Å². The van der Waals surface area contributed by atoms with Crippen molar-refractivity contribution < 1.29 is 14.3 Å². The summed E-state index contributed by atoms with van der Waals surface area (Å²) in [6.45, 7) is 4.45. The molecule has 0 aromatic heterocycles. The van der Waals surface area contributed by atoms with Gasteiger partial charge in [-0.25, -0.2) is 0 Å². The number of esters is 1. The van der Waals surface area contributed by atoms with E-state index in [9.17, 15) is 4.79 Å². The Bertz CT molecular complexity index is 842. The van der Waals surface area contributed by atoms with Gasteiger partial charge in [0.25, 0.3) is 0 Å². The second-order valence-corrected chi connectivity index (χ2v) is 8.00. The van der Waals surface area contributed by atoms with Crippen LogP contribution in [0.3, 0.4) is 0 Å². The Morgan fingerprint density at radius 1 is 1.16 bits per heavy atom. The predicted molar refractivity (Wildman–Crippen MR) is 96.7 cm³/mol. The summed E-state index contributed by atoms with van der Waals surface area (Å²) in [5.74, 6) is 2.10. The van der Waals surface area contributed by atoms with Gasteiger partial charge in [0, 0.05) is 11.3 Å². The Kier molecular flexibility index (Phi) is 3.43. The lowest BCUT2D eigenvalue weighted by atomic mass is 9.89. The maximum atomic E-state index is 12.8. The van der Waals surface area contributed by atoms with E-state index in [2.05, 4.69) is 38.1 Å². The molecule has 1 heterocycles. The minimum atomic E-state index is -0.0668. The number of hydrogen-bond acceptors (Lipinski definition) is 3. The maximum absolute atomic E-state index is 12.8. The molecule has 1 saturated heterocycles. The molecule has 3 heteroatoms. The fourth-order valence-corrected chi connectivity index (χ4v) is 5.09. The van der Waals surface area contributed by atoms with Crippen molar-refractivity contribution in [1.29, 1.82) is 0 Å². The minimum absolute atomic E-state index is 0.0155. The van der Waals surface area contributed by atoms with E-state index in [0.29, 0.717) is 35.7 Å². The third-order valence-electron chi connectivity index (χ3n) is 6.67. The van der Waals surface area contributed by atoms with Gasteiger partial charge in [-0.2, -0.15) is 0 Å². The van der Waals surface area contributed by atoms with Crippen LogP contribution in [0.5, 0.6) is 5.75 Å². The van der Waals surface area contributed by atoms with Gasteiger partial charge < -0.3 is 9.47 Å². The summed E-state index contributed by atoms with van der Waals surface area (Å²) < 4.78 is 11.6. The number of carbonyl (C=O) groups is 1. The number of rotatable bonds is 4. The first-order valence-electron chi connectivity index (χ1n) is 9.56. The zero-order valence-corrected chi connectivity index (χ0v) is 14.8. The van der Waals surface area contributed by atoms with Gasteiger partial charge in [0.1, 0.15) is 5.75 Å². The number of epoxide rings is 1. The lowest BCUT2D eigenvalue weighted by Crippen LogP contribution is -2.29. The van der Waals surface area contributed by atoms with Crippen LogP contribution in [0.2, 0.25) is 0 Å². The third kappa shape index (κ3) is 2.32. The number of benzene rings is 2. The Morgan fingerprint density at radius 3 is 2.68 bits per heavy atom. The summed E-state index contributed by atoms with van der Waals surface area (Å²) in [5, 5.41) is 2.23. The highest BCUT2D eigenvalue weighted by Gasteiger charge is 2.65. The van der Waals surface area contributed by atoms with Crippen molar-refractivity contribution in [2.24, 2.45) is 17.8 Å². The zero-order chi connectivity index (χ0) is 17.1. The van der Waals surface area contributed by atoms with Crippen molar-refractivity contribution in [3.63, 3.8) is 0 Å². The smallest absolute Gasteiger partial charge is 0.314 e. The molecule has 25 heavy (non-hydrogen) atoms. The Balaban J connectivity index is 1.44. The van der Waals surface area contributed by atoms with Gasteiger partial charge >= 0.3 is 5.97 Å². The summed E-state index contributed by atoms with van der Waals surface area (Å²) in [5.41, 5.74) is 1.33. The first kappa shape index (κ1) is 15.4. The van der Waals surface area contributed by atoms with Crippen molar-refractivity contribution in [3.05, 3.63) is 42.0 Å². The van der Waals surface area contributed by atoms with Gasteiger partial charge in [0.15, 0.2) is 0 Å². The lowest BCUT2D eigenvalue weighted by molar-refractivity contribution is -0.140. The average molecular weight is 336 g/mol. The molecule has 2 saturated carbocycles. The molecule has 2 bridgehead atoms. The summed E-state index contributed by atoms with van der Waals surface area (Å²) in [4.78, 5) is 12.8. The van der Waals surface area contributed by atoms with E-state index in [1.165, 1.54) is 10.9 Å². The monoisotopic (exact) mass is 336 g/mol. The molecule has 3 aliphatic rings. The van der Waals surface area contributed by atoms with Crippen LogP contribution in [0.15, 0.2) is 36.4 Å². The van der Waals surface area contributed by atoms with Crippen molar-refractivity contribution >= 4 is 16.7 Å². The molecule has 3 nitrogen and oxygen atoms in total. The largest absolute Gasteiger partial charge is 0.426 e. The third-order valence-corrected chi connectivity index (χ3v) is 6.67. The number of hydrogen-bond donors (Lipinski definition) is 0. The zero-order valence-electron chi connectivity index (χ0n) is 14.8. The Morgan fingerprint density at radius 2 is 1.96 bits per heavy atom. The SMILES string of the molecule is CCC(C)c1ccc(OC(=O)C2CC3CC2C2OC32)c2ccccc12. The van der Waals surface area contributed by atoms with E-state index < -0.39 is 0 Å². The quantitative estimate of drug-likeness (QED) is 0.462. The van der Waals surface area contributed by atoms with Gasteiger partial charge in [-0.15, -0.1) is 0 Å². The van der Waals surface area contributed by atoms with Crippen LogP contribution in [0.1, 0.15) is 44.6 Å². The predicted octanol–water partition coefficient (Wildman–Crippen LogP) is 4.68. The normalized spacial score (nSPS) is 33.3. The van der Waals surface area contributed by atoms with E-state index >= 15 is 0 Å². The topological polar surface area (TPSA) is 38.8 Å². The second-order valence-electron chi connectivity index (χ2n) is 8.00. The minimum Gasteiger partial charge on any atom is -0.426 e. The van der Waals surface area contributed by atoms with Crippen LogP contribution in [0.25, 0.3) is 10.8 Å². The number of ether oxygens (including phenoxy) is 2. The highest BCUT2D eigenvalue weighted by atomic mass is 16.6. The van der Waals surface area contributed by atoms with Crippen LogP contribution in [0, 0.1) is 17.8 Å². The van der Waals surface area contributed by atoms with E-state index in [-0.39, 0.29) is 11.9 Å². The summed E-state index contributed by atoms with van der Waals surface area (Å²) >= 11 is 0. The molecule has 6 atom stereocenters. The second kappa shape index (κ2) is 5.57. The highest BCUT2D eigenvalue weighted by Crippen LogP contribution is 2.59. The summed E-state index contributed by atoms with van der Waals surface area (Å²) in [7, 11) is 0. The first-order valence-corrected chi connectivity index (χ1v) is 9.56. The molecule has 0 radical (unpaired) electrons. The van der Waals surface area contributed by atoms with Gasteiger partial charge in [0.05, 0.1) is 18.1 Å². The average Bonchev–Trinajstić information content (AvgIpc) is 3.24. The molecule has 2 aromatic rings. The van der Waals surface area contributed by atoms with E-state index in [1.807, 2.05) is 12.1 Å². The van der Waals surface area contributed by atoms with E-state index in [1.54, 1.807) is 0 Å². The molecule has 0 N–H and O–H groups in total. The Hall–Kier alpha value is -1.87. The van der Waals surface area contributed by atoms with Crippen molar-refractivity contribution in [1.82, 2.24) is 0 Å². The Labute approximate surface area is 148 Å². The number of carbonyl (C=O) groups excluding carboxylic acids is 1. The molecular weight excluding hydrogens is 312 g/mol. The molecule has 1 aliphatic heterocycles. The van der Waals surface area contributed by atoms with Gasteiger partial charge in [-0.1, -0.05) is 44.2 Å². The molecule has 2 aromatic carbocycles. The first-order chi connectivity index (χ1) is 12.2. The lowest BCUT2D eigenvalue weighted by Gasteiger charge is -2.19. The van der Waals surface area contributed by atoms with Crippen LogP contribution >= 0.6 is 0 Å². The maximum Gasteiger partial charge on any atom is 0.314 e. The van der Waals surface area contributed by atoms with Gasteiger partial charge in [-0.3, -0.25) is 4.79 Å². The number of fused-ring (bicyclic) bond motifs is 6. The van der Waals surface area contributed by atoms with Gasteiger partial charge in [-0.05, 0) is 48.1 Å². The van der Waals surface area contributed by atoms with Crippen LogP contribution in [0.4, 0.5) is 0 Å². The van der Waals surface area contributed by atoms with Crippen LogP contribution in [-0.4, -0.2) is 18.2 Å². The summed E-state index contributed by atoms with van der Waals surface area (Å²) in [6, 6.07) is 12.4.